The van der Waals surface area contributed by atoms with Crippen LogP contribution in [-0.4, -0.2) is 23.0 Å². The Morgan fingerprint density at radius 2 is 1.92 bits per heavy atom. The lowest BCUT2D eigenvalue weighted by Crippen LogP contribution is -2.37. The molecule has 1 N–H and O–H groups in total. The molecule has 1 aliphatic rings. The second-order valence-corrected chi connectivity index (χ2v) is 5.66. The van der Waals surface area contributed by atoms with E-state index in [1.807, 2.05) is 42.5 Å². The highest BCUT2D eigenvalue weighted by Crippen LogP contribution is 2.22. The smallest absolute Gasteiger partial charge is 0.339 e. The molecule has 0 bridgehead atoms. The fraction of sp³-hybridized carbons (Fsp3) is 0.105. The number of aromatic nitrogens is 1. The van der Waals surface area contributed by atoms with Gasteiger partial charge in [0.05, 0.1) is 23.0 Å². The molecule has 4 rings (SSSR count). The van der Waals surface area contributed by atoms with Crippen LogP contribution >= 0.6 is 0 Å². The number of fused-ring (bicyclic) bond motifs is 2. The maximum atomic E-state index is 12.4. The number of hydrogen-bond donors (Lipinski definition) is 1. The van der Waals surface area contributed by atoms with Gasteiger partial charge in [-0.2, -0.15) is 0 Å². The number of ether oxygens (including phenoxy) is 1. The Hall–Kier alpha value is -3.21. The van der Waals surface area contributed by atoms with Crippen molar-refractivity contribution in [2.24, 2.45) is 0 Å². The van der Waals surface area contributed by atoms with E-state index in [4.69, 9.17) is 4.74 Å². The fourth-order valence-electron chi connectivity index (χ4n) is 2.84. The summed E-state index contributed by atoms with van der Waals surface area (Å²) in [4.78, 5) is 28.8. The Morgan fingerprint density at radius 3 is 2.83 bits per heavy atom. The molecule has 0 saturated carbocycles. The molecule has 1 aliphatic heterocycles. The highest BCUT2D eigenvalue weighted by molar-refractivity contribution is 6.00. The third-order valence-electron chi connectivity index (χ3n) is 4.04. The van der Waals surface area contributed by atoms with Gasteiger partial charge in [0.15, 0.2) is 6.10 Å². The normalized spacial score (nSPS) is 16.3. The second kappa shape index (κ2) is 5.77. The van der Waals surface area contributed by atoms with Crippen LogP contribution in [0.3, 0.4) is 0 Å². The van der Waals surface area contributed by atoms with Gasteiger partial charge in [0.1, 0.15) is 0 Å². The summed E-state index contributed by atoms with van der Waals surface area (Å²) in [5.74, 6) is -0.816. The number of carbonyl (C=O) groups excluding carboxylic acids is 2. The number of hydrogen-bond acceptors (Lipinski definition) is 4. The third kappa shape index (κ3) is 2.60. The van der Waals surface area contributed by atoms with Crippen molar-refractivity contribution in [3.63, 3.8) is 0 Å². The zero-order chi connectivity index (χ0) is 16.5. The van der Waals surface area contributed by atoms with Gasteiger partial charge in [-0.15, -0.1) is 0 Å². The molecule has 5 nitrogen and oxygen atoms in total. The lowest BCUT2D eigenvalue weighted by atomic mass is 9.98. The first-order valence-corrected chi connectivity index (χ1v) is 7.65. The van der Waals surface area contributed by atoms with Gasteiger partial charge < -0.3 is 10.1 Å². The average molecular weight is 318 g/mol. The molecular formula is C19H14N2O3. The maximum Gasteiger partial charge on any atom is 0.339 e. The van der Waals surface area contributed by atoms with E-state index in [0.29, 0.717) is 17.7 Å². The Morgan fingerprint density at radius 1 is 1.12 bits per heavy atom. The van der Waals surface area contributed by atoms with Gasteiger partial charge in [0, 0.05) is 11.8 Å². The number of carbonyl (C=O) groups is 2. The molecule has 24 heavy (non-hydrogen) atoms. The summed E-state index contributed by atoms with van der Waals surface area (Å²) in [5.41, 5.74) is 2.78. The second-order valence-electron chi connectivity index (χ2n) is 5.66. The number of nitrogens with one attached hydrogen (secondary N) is 1. The van der Waals surface area contributed by atoms with Crippen molar-refractivity contribution in [2.45, 2.75) is 12.5 Å². The van der Waals surface area contributed by atoms with E-state index in [1.165, 1.54) is 0 Å². The molecule has 118 valence electrons. The largest absolute Gasteiger partial charge is 0.448 e. The number of para-hydroxylation sites is 1. The summed E-state index contributed by atoms with van der Waals surface area (Å²) in [6.45, 7) is 0. The molecule has 1 aromatic heterocycles. The monoisotopic (exact) mass is 318 g/mol. The van der Waals surface area contributed by atoms with Crippen LogP contribution in [0.5, 0.6) is 0 Å². The molecule has 2 heterocycles. The molecule has 5 heteroatoms. The first-order valence-electron chi connectivity index (χ1n) is 7.65. The average Bonchev–Trinajstić information content (AvgIpc) is 2.61. The number of pyridine rings is 1. The van der Waals surface area contributed by atoms with E-state index in [1.54, 1.807) is 18.3 Å². The zero-order valence-corrected chi connectivity index (χ0v) is 12.7. The van der Waals surface area contributed by atoms with Crippen LogP contribution in [-0.2, 0) is 16.0 Å². The molecule has 1 amide bonds. The van der Waals surface area contributed by atoms with Crippen LogP contribution in [0.15, 0.2) is 60.8 Å². The molecule has 0 saturated heterocycles. The quantitative estimate of drug-likeness (QED) is 0.738. The number of amides is 1. The van der Waals surface area contributed by atoms with Crippen molar-refractivity contribution >= 4 is 28.5 Å². The van der Waals surface area contributed by atoms with E-state index < -0.39 is 12.1 Å². The topological polar surface area (TPSA) is 68.3 Å². The fourth-order valence-corrected chi connectivity index (χ4v) is 2.84. The summed E-state index contributed by atoms with van der Waals surface area (Å²) < 4.78 is 5.26. The van der Waals surface area contributed by atoms with Crippen LogP contribution in [0, 0.1) is 0 Å². The molecule has 0 radical (unpaired) electrons. The van der Waals surface area contributed by atoms with Crippen LogP contribution in [0.25, 0.3) is 10.9 Å². The number of cyclic esters (lactones) is 1. The molecule has 0 spiro atoms. The maximum absolute atomic E-state index is 12.4. The minimum atomic E-state index is -0.834. The van der Waals surface area contributed by atoms with E-state index in [0.717, 1.165) is 16.5 Å². The molecule has 0 fully saturated rings. The Bertz CT molecular complexity index is 952. The number of nitrogens with zero attached hydrogens (tertiary/aromatic N) is 1. The van der Waals surface area contributed by atoms with E-state index in [9.17, 15) is 9.59 Å². The Kier molecular flexibility index (Phi) is 3.46. The van der Waals surface area contributed by atoms with Crippen molar-refractivity contribution in [3.05, 3.63) is 71.9 Å². The van der Waals surface area contributed by atoms with Gasteiger partial charge in [-0.05, 0) is 23.8 Å². The minimum Gasteiger partial charge on any atom is -0.448 e. The number of anilines is 1. The predicted octanol–water partition coefficient (Wildman–Crippen LogP) is 2.96. The summed E-state index contributed by atoms with van der Waals surface area (Å²) >= 11 is 0. The van der Waals surface area contributed by atoms with Crippen molar-refractivity contribution < 1.29 is 14.3 Å². The van der Waals surface area contributed by atoms with Crippen molar-refractivity contribution in [1.82, 2.24) is 4.98 Å². The minimum absolute atomic E-state index is 0.352. The van der Waals surface area contributed by atoms with E-state index in [2.05, 4.69) is 10.3 Å². The molecule has 1 atom stereocenters. The van der Waals surface area contributed by atoms with Crippen molar-refractivity contribution in [2.75, 3.05) is 5.32 Å². The van der Waals surface area contributed by atoms with Crippen LogP contribution in [0.4, 0.5) is 5.69 Å². The lowest BCUT2D eigenvalue weighted by Gasteiger charge is -2.23. The van der Waals surface area contributed by atoms with Gasteiger partial charge in [-0.25, -0.2) is 4.79 Å². The third-order valence-corrected chi connectivity index (χ3v) is 4.04. The summed E-state index contributed by atoms with van der Waals surface area (Å²) in [6.07, 6.45) is 1.13. The van der Waals surface area contributed by atoms with Crippen molar-refractivity contribution in [3.8, 4) is 0 Å². The lowest BCUT2D eigenvalue weighted by molar-refractivity contribution is -0.125. The van der Waals surface area contributed by atoms with Gasteiger partial charge >= 0.3 is 5.97 Å². The summed E-state index contributed by atoms with van der Waals surface area (Å²) in [6, 6.07) is 16.7. The van der Waals surface area contributed by atoms with Gasteiger partial charge in [0.2, 0.25) is 0 Å². The van der Waals surface area contributed by atoms with E-state index >= 15 is 0 Å². The molecule has 3 aromatic rings. The summed E-state index contributed by atoms with van der Waals surface area (Å²) in [5, 5.41) is 3.71. The standard InChI is InChI=1S/C19H14N2O3/c22-18(17-10-12-5-1-3-7-15(12)19(23)24-17)21-14-9-13-6-2-4-8-16(13)20-11-14/h1-9,11,17H,10H2,(H,21,22)/t17-/m1/s1. The predicted molar refractivity (Wildman–Crippen MR) is 89.7 cm³/mol. The molecule has 2 aromatic carbocycles. The first-order chi connectivity index (χ1) is 11.7. The van der Waals surface area contributed by atoms with Crippen LogP contribution < -0.4 is 5.32 Å². The molecule has 0 aliphatic carbocycles. The SMILES string of the molecule is O=C1O[C@@H](C(=O)Nc2cnc3ccccc3c2)Cc2ccccc21. The Balaban J connectivity index is 1.55. The first kappa shape index (κ1) is 14.4. The van der Waals surface area contributed by atoms with Crippen LogP contribution in [0.1, 0.15) is 15.9 Å². The van der Waals surface area contributed by atoms with E-state index in [-0.39, 0.29) is 5.91 Å². The highest BCUT2D eigenvalue weighted by Gasteiger charge is 2.31. The van der Waals surface area contributed by atoms with Crippen molar-refractivity contribution in [1.29, 1.82) is 0 Å². The summed E-state index contributed by atoms with van der Waals surface area (Å²) in [7, 11) is 0. The van der Waals surface area contributed by atoms with Gasteiger partial charge in [-0.1, -0.05) is 36.4 Å². The number of rotatable bonds is 2. The number of benzene rings is 2. The van der Waals surface area contributed by atoms with Gasteiger partial charge in [0.25, 0.3) is 5.91 Å². The van der Waals surface area contributed by atoms with Gasteiger partial charge in [-0.3, -0.25) is 9.78 Å². The highest BCUT2D eigenvalue weighted by atomic mass is 16.5. The van der Waals surface area contributed by atoms with Crippen LogP contribution in [0.2, 0.25) is 0 Å². The molecular weight excluding hydrogens is 304 g/mol. The Labute approximate surface area is 138 Å². The number of esters is 1. The zero-order valence-electron chi connectivity index (χ0n) is 12.7. The molecule has 0 unspecified atom stereocenters.